The van der Waals surface area contributed by atoms with Crippen LogP contribution in [0.25, 0.3) is 0 Å². The quantitative estimate of drug-likeness (QED) is 0.756. The van der Waals surface area contributed by atoms with Crippen LogP contribution in [0.2, 0.25) is 0 Å². The summed E-state index contributed by atoms with van der Waals surface area (Å²) in [5, 5.41) is 0. The van der Waals surface area contributed by atoms with Crippen LogP contribution in [0.1, 0.15) is 23.6 Å². The van der Waals surface area contributed by atoms with Crippen molar-refractivity contribution in [1.82, 2.24) is 20.7 Å². The Kier molecular flexibility index (Phi) is 5.67. The molecule has 3 heterocycles. The largest absolute Gasteiger partial charge is 0.497 e. The number of benzene rings is 2. The summed E-state index contributed by atoms with van der Waals surface area (Å²) in [6.45, 7) is 4.35. The number of ether oxygens (including phenoxy) is 3. The third-order valence-electron chi connectivity index (χ3n) is 6.22. The fourth-order valence-electron chi connectivity index (χ4n) is 4.44. The minimum atomic E-state index is -0.211. The number of piperazine rings is 1. The number of carbonyl (C=O) groups excluding carboxylic acids is 1. The third kappa shape index (κ3) is 4.32. The van der Waals surface area contributed by atoms with Crippen LogP contribution >= 0.6 is 0 Å². The Morgan fingerprint density at radius 2 is 1.90 bits per heavy atom. The first-order valence-electron chi connectivity index (χ1n) is 10.7. The van der Waals surface area contributed by atoms with Gasteiger partial charge in [0.15, 0.2) is 11.5 Å². The zero-order chi connectivity index (χ0) is 21.2. The van der Waals surface area contributed by atoms with E-state index in [4.69, 9.17) is 14.2 Å². The number of amides is 1. The molecule has 2 N–H and O–H groups in total. The van der Waals surface area contributed by atoms with Crippen molar-refractivity contribution in [3.63, 3.8) is 0 Å². The summed E-state index contributed by atoms with van der Waals surface area (Å²) in [6, 6.07) is 14.0. The molecule has 8 heteroatoms. The third-order valence-corrected chi connectivity index (χ3v) is 6.22. The topological polar surface area (TPSA) is 75.3 Å². The van der Waals surface area contributed by atoms with Crippen molar-refractivity contribution in [2.45, 2.75) is 25.0 Å². The molecule has 3 aliphatic rings. The molecule has 0 spiro atoms. The Labute approximate surface area is 182 Å². The molecular weight excluding hydrogens is 396 g/mol. The highest BCUT2D eigenvalue weighted by Crippen LogP contribution is 2.33. The molecule has 1 amide bonds. The number of hydrogen-bond acceptors (Lipinski definition) is 7. The molecule has 0 bridgehead atoms. The van der Waals surface area contributed by atoms with E-state index in [0.29, 0.717) is 6.79 Å². The van der Waals surface area contributed by atoms with E-state index < -0.39 is 0 Å². The molecular formula is C23H28N4O4. The van der Waals surface area contributed by atoms with Gasteiger partial charge in [0, 0.05) is 38.8 Å². The van der Waals surface area contributed by atoms with E-state index >= 15 is 0 Å². The summed E-state index contributed by atoms with van der Waals surface area (Å²) in [4.78, 5) is 17.4. The zero-order valence-electron chi connectivity index (χ0n) is 17.7. The van der Waals surface area contributed by atoms with Gasteiger partial charge in [-0.2, -0.15) is 0 Å². The molecule has 164 valence electrons. The summed E-state index contributed by atoms with van der Waals surface area (Å²) in [6.07, 6.45) is 0.726. The fourth-order valence-corrected chi connectivity index (χ4v) is 4.44. The van der Waals surface area contributed by atoms with Gasteiger partial charge in [-0.3, -0.25) is 9.69 Å². The number of hydrogen-bond donors (Lipinski definition) is 2. The van der Waals surface area contributed by atoms with Gasteiger partial charge in [0.25, 0.3) is 0 Å². The summed E-state index contributed by atoms with van der Waals surface area (Å²) in [5.74, 6) is 2.62. The highest BCUT2D eigenvalue weighted by atomic mass is 16.7. The van der Waals surface area contributed by atoms with E-state index in [2.05, 4.69) is 27.9 Å². The predicted octanol–water partition coefficient (Wildman–Crippen LogP) is 1.68. The first-order chi connectivity index (χ1) is 15.2. The lowest BCUT2D eigenvalue weighted by molar-refractivity contribution is -0.135. The second kappa shape index (κ2) is 8.74. The van der Waals surface area contributed by atoms with E-state index in [0.717, 1.165) is 62.0 Å². The molecule has 31 heavy (non-hydrogen) atoms. The molecule has 0 radical (unpaired) electrons. The lowest BCUT2D eigenvalue weighted by Crippen LogP contribution is -2.53. The number of carbonyl (C=O) groups is 1. The summed E-state index contributed by atoms with van der Waals surface area (Å²) < 4.78 is 16.2. The molecule has 2 aromatic carbocycles. The first kappa shape index (κ1) is 20.1. The zero-order valence-corrected chi connectivity index (χ0v) is 17.7. The molecule has 2 saturated heterocycles. The first-order valence-corrected chi connectivity index (χ1v) is 10.7. The molecule has 2 aromatic rings. The van der Waals surface area contributed by atoms with Gasteiger partial charge in [-0.15, -0.1) is 0 Å². The van der Waals surface area contributed by atoms with Gasteiger partial charge in [-0.05, 0) is 41.8 Å². The fraction of sp³-hybridized carbons (Fsp3) is 0.435. The van der Waals surface area contributed by atoms with Crippen molar-refractivity contribution in [1.29, 1.82) is 0 Å². The van der Waals surface area contributed by atoms with Crippen molar-refractivity contribution in [3.8, 4) is 17.2 Å². The molecule has 0 saturated carbocycles. The molecule has 8 nitrogen and oxygen atoms in total. The molecule has 2 atom stereocenters. The molecule has 2 fully saturated rings. The highest BCUT2D eigenvalue weighted by Gasteiger charge is 2.34. The van der Waals surface area contributed by atoms with Crippen LogP contribution in [-0.2, 0) is 11.3 Å². The average molecular weight is 425 g/mol. The molecule has 0 aliphatic carbocycles. The predicted molar refractivity (Wildman–Crippen MR) is 115 cm³/mol. The van der Waals surface area contributed by atoms with Crippen molar-refractivity contribution in [2.75, 3.05) is 40.1 Å². The molecule has 5 rings (SSSR count). The van der Waals surface area contributed by atoms with Gasteiger partial charge in [-0.1, -0.05) is 18.2 Å². The van der Waals surface area contributed by atoms with E-state index in [1.807, 2.05) is 35.2 Å². The highest BCUT2D eigenvalue weighted by molar-refractivity contribution is 5.82. The maximum atomic E-state index is 13.0. The van der Waals surface area contributed by atoms with E-state index in [9.17, 15) is 4.79 Å². The number of nitrogens with zero attached hydrogens (tertiary/aromatic N) is 2. The SMILES string of the molecule is COc1cccc(C2CC(C(=O)N3CCN(Cc4ccc5c(c4)OCO5)CC3)NN2)c1. The van der Waals surface area contributed by atoms with Crippen molar-refractivity contribution >= 4 is 5.91 Å². The average Bonchev–Trinajstić information content (AvgIpc) is 3.49. The minimum absolute atomic E-state index is 0.0938. The number of hydrazine groups is 1. The maximum absolute atomic E-state index is 13.0. The van der Waals surface area contributed by atoms with Crippen LogP contribution in [-0.4, -0.2) is 61.8 Å². The Morgan fingerprint density at radius 3 is 2.74 bits per heavy atom. The number of fused-ring (bicyclic) bond motifs is 1. The van der Waals surface area contributed by atoms with Crippen LogP contribution in [0, 0.1) is 0 Å². The Hall–Kier alpha value is -2.81. The van der Waals surface area contributed by atoms with Gasteiger partial charge in [0.1, 0.15) is 11.8 Å². The number of methoxy groups -OCH3 is 1. The molecule has 2 unspecified atom stereocenters. The van der Waals surface area contributed by atoms with E-state index in [1.54, 1.807) is 7.11 Å². The Bertz CT molecular complexity index is 945. The number of rotatable bonds is 5. The van der Waals surface area contributed by atoms with Gasteiger partial charge < -0.3 is 19.1 Å². The Morgan fingerprint density at radius 1 is 1.06 bits per heavy atom. The second-order valence-corrected chi connectivity index (χ2v) is 8.20. The smallest absolute Gasteiger partial charge is 0.241 e. The Balaban J connectivity index is 1.12. The van der Waals surface area contributed by atoms with Crippen LogP contribution in [0.3, 0.4) is 0 Å². The lowest BCUT2D eigenvalue weighted by Gasteiger charge is -2.35. The van der Waals surface area contributed by atoms with Gasteiger partial charge in [0.05, 0.1) is 7.11 Å². The molecule has 0 aromatic heterocycles. The minimum Gasteiger partial charge on any atom is -0.497 e. The summed E-state index contributed by atoms with van der Waals surface area (Å²) in [5.41, 5.74) is 8.79. The van der Waals surface area contributed by atoms with Crippen LogP contribution in [0.4, 0.5) is 0 Å². The van der Waals surface area contributed by atoms with Gasteiger partial charge >= 0.3 is 0 Å². The number of nitrogens with one attached hydrogen (secondary N) is 2. The normalized spacial score (nSPS) is 23.2. The van der Waals surface area contributed by atoms with Gasteiger partial charge in [-0.25, -0.2) is 10.9 Å². The second-order valence-electron chi connectivity index (χ2n) is 8.20. The van der Waals surface area contributed by atoms with Crippen molar-refractivity contribution < 1.29 is 19.0 Å². The van der Waals surface area contributed by atoms with Crippen LogP contribution in [0.15, 0.2) is 42.5 Å². The van der Waals surface area contributed by atoms with E-state index in [1.165, 1.54) is 5.56 Å². The van der Waals surface area contributed by atoms with Crippen molar-refractivity contribution in [2.24, 2.45) is 0 Å². The lowest BCUT2D eigenvalue weighted by atomic mass is 10.0. The summed E-state index contributed by atoms with van der Waals surface area (Å²) >= 11 is 0. The maximum Gasteiger partial charge on any atom is 0.241 e. The van der Waals surface area contributed by atoms with E-state index in [-0.39, 0.29) is 18.0 Å². The standard InChI is InChI=1S/C23H28N4O4/c1-29-18-4-2-3-17(12-18)19-13-20(25-24-19)23(28)27-9-7-26(8-10-27)14-16-5-6-21-22(11-16)31-15-30-21/h2-6,11-12,19-20,24-25H,7-10,13-15H2,1H3. The van der Waals surface area contributed by atoms with Crippen LogP contribution in [0.5, 0.6) is 17.2 Å². The van der Waals surface area contributed by atoms with Gasteiger partial charge in [0.2, 0.25) is 12.7 Å². The van der Waals surface area contributed by atoms with Crippen LogP contribution < -0.4 is 25.1 Å². The van der Waals surface area contributed by atoms with Crippen molar-refractivity contribution in [3.05, 3.63) is 53.6 Å². The molecule has 3 aliphatic heterocycles. The monoisotopic (exact) mass is 424 g/mol. The summed E-state index contributed by atoms with van der Waals surface area (Å²) in [7, 11) is 1.66.